The van der Waals surface area contributed by atoms with Crippen molar-refractivity contribution in [2.24, 2.45) is 0 Å². The van der Waals surface area contributed by atoms with Crippen molar-refractivity contribution in [2.75, 3.05) is 11.8 Å². The van der Waals surface area contributed by atoms with Gasteiger partial charge in [0.1, 0.15) is 23.0 Å². The van der Waals surface area contributed by atoms with Crippen LogP contribution in [-0.4, -0.2) is 29.9 Å². The first-order chi connectivity index (χ1) is 14.8. The van der Waals surface area contributed by atoms with Crippen LogP contribution in [-0.2, 0) is 10.0 Å². The molecule has 0 aliphatic rings. The zero-order chi connectivity index (χ0) is 22.2. The van der Waals surface area contributed by atoms with E-state index in [2.05, 4.69) is 14.7 Å². The van der Waals surface area contributed by atoms with Crippen LogP contribution in [0.4, 0.5) is 14.5 Å². The number of aromatic nitrogens is 3. The van der Waals surface area contributed by atoms with E-state index in [9.17, 15) is 22.0 Å². The molecule has 11 heteroatoms. The van der Waals surface area contributed by atoms with Crippen LogP contribution in [0.25, 0.3) is 16.8 Å². The fourth-order valence-electron chi connectivity index (χ4n) is 2.94. The van der Waals surface area contributed by atoms with E-state index in [0.29, 0.717) is 35.0 Å². The molecule has 0 atom stereocenters. The van der Waals surface area contributed by atoms with E-state index < -0.39 is 26.6 Å². The lowest BCUT2D eigenvalue weighted by atomic mass is 10.1. The van der Waals surface area contributed by atoms with Crippen LogP contribution >= 0.6 is 0 Å². The Morgan fingerprint density at radius 3 is 2.45 bits per heavy atom. The van der Waals surface area contributed by atoms with Crippen LogP contribution in [0.2, 0.25) is 0 Å². The van der Waals surface area contributed by atoms with E-state index in [4.69, 9.17) is 4.74 Å². The Balaban J connectivity index is 1.78. The third-order valence-electron chi connectivity index (χ3n) is 4.36. The maximum atomic E-state index is 13.5. The van der Waals surface area contributed by atoms with E-state index >= 15 is 0 Å². The van der Waals surface area contributed by atoms with Crippen molar-refractivity contribution in [1.29, 1.82) is 0 Å². The van der Waals surface area contributed by atoms with Crippen LogP contribution in [0.5, 0.6) is 5.88 Å². The van der Waals surface area contributed by atoms with Gasteiger partial charge in [0.05, 0.1) is 12.0 Å². The average Bonchev–Trinajstić information content (AvgIpc) is 2.73. The third kappa shape index (κ3) is 4.08. The van der Waals surface area contributed by atoms with Crippen molar-refractivity contribution in [3.8, 4) is 17.0 Å². The molecule has 0 radical (unpaired) electrons. The minimum absolute atomic E-state index is 0.0520. The third-order valence-corrected chi connectivity index (χ3v) is 5.70. The number of benzene rings is 1. The number of pyridine rings is 2. The molecular formula is C20H14F2N4O4S. The number of anilines is 1. The maximum Gasteiger partial charge on any atom is 0.262 e. The number of hydrogen-bond donors (Lipinski definition) is 1. The molecule has 0 saturated heterocycles. The molecule has 3 heterocycles. The number of nitrogens with zero attached hydrogens (tertiary/aromatic N) is 3. The van der Waals surface area contributed by atoms with Gasteiger partial charge in [0.2, 0.25) is 5.88 Å². The van der Waals surface area contributed by atoms with Gasteiger partial charge in [-0.25, -0.2) is 27.2 Å². The van der Waals surface area contributed by atoms with Crippen LogP contribution in [0, 0.1) is 11.6 Å². The molecule has 158 valence electrons. The lowest BCUT2D eigenvalue weighted by Crippen LogP contribution is -2.15. The van der Waals surface area contributed by atoms with E-state index in [1.165, 1.54) is 42.2 Å². The average molecular weight is 444 g/mol. The van der Waals surface area contributed by atoms with Crippen molar-refractivity contribution in [3.05, 3.63) is 83.0 Å². The second kappa shape index (κ2) is 7.76. The molecule has 0 saturated carbocycles. The second-order valence-corrected chi connectivity index (χ2v) is 8.10. The lowest BCUT2D eigenvalue weighted by molar-refractivity contribution is 0.400. The predicted octanol–water partition coefficient (Wildman–Crippen LogP) is 2.84. The molecule has 3 aromatic heterocycles. The van der Waals surface area contributed by atoms with Crippen LogP contribution in [0.3, 0.4) is 0 Å². The van der Waals surface area contributed by atoms with Crippen molar-refractivity contribution in [3.63, 3.8) is 0 Å². The summed E-state index contributed by atoms with van der Waals surface area (Å²) in [5.74, 6) is -2.12. The highest BCUT2D eigenvalue weighted by molar-refractivity contribution is 7.92. The summed E-state index contributed by atoms with van der Waals surface area (Å²) in [6.07, 6.45) is 4.36. The maximum absolute atomic E-state index is 13.5. The minimum Gasteiger partial charge on any atom is -0.480 e. The molecule has 0 fully saturated rings. The molecule has 0 aliphatic heterocycles. The molecule has 0 aliphatic carbocycles. The molecular weight excluding hydrogens is 430 g/mol. The molecule has 0 bridgehead atoms. The first kappa shape index (κ1) is 20.4. The van der Waals surface area contributed by atoms with Gasteiger partial charge in [-0.2, -0.15) is 0 Å². The number of fused-ring (bicyclic) bond motifs is 1. The zero-order valence-electron chi connectivity index (χ0n) is 15.9. The molecule has 4 aromatic rings. The van der Waals surface area contributed by atoms with Crippen molar-refractivity contribution < 1.29 is 21.9 Å². The number of hydrogen-bond acceptors (Lipinski definition) is 6. The molecule has 0 spiro atoms. The van der Waals surface area contributed by atoms with E-state index in [1.54, 1.807) is 12.1 Å². The summed E-state index contributed by atoms with van der Waals surface area (Å²) < 4.78 is 61.0. The summed E-state index contributed by atoms with van der Waals surface area (Å²) >= 11 is 0. The van der Waals surface area contributed by atoms with Gasteiger partial charge in [0.15, 0.2) is 0 Å². The first-order valence-electron chi connectivity index (χ1n) is 8.77. The van der Waals surface area contributed by atoms with Gasteiger partial charge in [-0.05, 0) is 30.3 Å². The predicted molar refractivity (Wildman–Crippen MR) is 108 cm³/mol. The van der Waals surface area contributed by atoms with Gasteiger partial charge in [-0.3, -0.25) is 13.9 Å². The van der Waals surface area contributed by atoms with Crippen LogP contribution in [0.1, 0.15) is 0 Å². The van der Waals surface area contributed by atoms with Gasteiger partial charge in [-0.1, -0.05) is 0 Å². The summed E-state index contributed by atoms with van der Waals surface area (Å²) in [4.78, 5) is 19.6. The quantitative estimate of drug-likeness (QED) is 0.508. The van der Waals surface area contributed by atoms with Gasteiger partial charge in [-0.15, -0.1) is 0 Å². The van der Waals surface area contributed by atoms with Crippen LogP contribution < -0.4 is 15.0 Å². The molecule has 8 nitrogen and oxygen atoms in total. The fourth-order valence-corrected chi connectivity index (χ4v) is 4.03. The van der Waals surface area contributed by atoms with Gasteiger partial charge < -0.3 is 4.74 Å². The topological polar surface area (TPSA) is 103 Å². The smallest absolute Gasteiger partial charge is 0.262 e. The highest BCUT2D eigenvalue weighted by Gasteiger charge is 2.20. The second-order valence-electron chi connectivity index (χ2n) is 6.42. The first-order valence-corrected chi connectivity index (χ1v) is 10.3. The molecule has 1 aromatic carbocycles. The monoisotopic (exact) mass is 444 g/mol. The Labute approximate surface area is 174 Å². The lowest BCUT2D eigenvalue weighted by Gasteiger charge is -2.13. The highest BCUT2D eigenvalue weighted by atomic mass is 32.2. The number of nitrogens with one attached hydrogen (secondary N) is 1. The summed E-state index contributed by atoms with van der Waals surface area (Å²) in [5, 5.41) is 0. The number of sulfonamides is 1. The minimum atomic E-state index is -4.35. The normalized spacial score (nSPS) is 11.5. The summed E-state index contributed by atoms with van der Waals surface area (Å²) in [7, 11) is -3.05. The SMILES string of the molecule is COc1ncc(-c2ccc3nccc(=O)n3c2)cc1NS(=O)(=O)c1cc(F)cc(F)c1. The molecule has 0 amide bonds. The molecule has 0 unspecified atom stereocenters. The Kier molecular flexibility index (Phi) is 5.11. The van der Waals surface area contributed by atoms with Crippen molar-refractivity contribution in [1.82, 2.24) is 14.4 Å². The van der Waals surface area contributed by atoms with Crippen molar-refractivity contribution >= 4 is 21.4 Å². The number of ether oxygens (including phenoxy) is 1. The Bertz CT molecular complexity index is 1450. The summed E-state index contributed by atoms with van der Waals surface area (Å²) in [5.41, 5.74) is 1.11. The standard InChI is InChI=1S/C20H14F2N4O4S/c1-30-20-17(25-31(28,29)16-8-14(21)7-15(22)9-16)6-13(10-24-20)12-2-3-18-23-5-4-19(27)26(18)11-12/h2-11,25H,1H3. The molecule has 31 heavy (non-hydrogen) atoms. The fraction of sp³-hybridized carbons (Fsp3) is 0.0500. The van der Waals surface area contributed by atoms with Gasteiger partial charge in [0.25, 0.3) is 15.6 Å². The largest absolute Gasteiger partial charge is 0.480 e. The van der Waals surface area contributed by atoms with Gasteiger partial charge >= 0.3 is 0 Å². The van der Waals surface area contributed by atoms with Crippen LogP contribution in [0.15, 0.2) is 70.7 Å². The Hall–Kier alpha value is -3.86. The number of rotatable bonds is 5. The Morgan fingerprint density at radius 1 is 1.00 bits per heavy atom. The highest BCUT2D eigenvalue weighted by Crippen LogP contribution is 2.30. The van der Waals surface area contributed by atoms with Crippen molar-refractivity contribution in [2.45, 2.75) is 4.90 Å². The molecule has 1 N–H and O–H groups in total. The Morgan fingerprint density at radius 2 is 1.74 bits per heavy atom. The summed E-state index contributed by atoms with van der Waals surface area (Å²) in [6, 6.07) is 8.00. The van der Waals surface area contributed by atoms with E-state index in [-0.39, 0.29) is 17.1 Å². The van der Waals surface area contributed by atoms with Gasteiger partial charge in [0, 0.05) is 41.9 Å². The zero-order valence-corrected chi connectivity index (χ0v) is 16.7. The number of halogens is 2. The number of methoxy groups -OCH3 is 1. The van der Waals surface area contributed by atoms with E-state index in [0.717, 1.165) is 0 Å². The summed E-state index contributed by atoms with van der Waals surface area (Å²) in [6.45, 7) is 0. The molecule has 4 rings (SSSR count). The van der Waals surface area contributed by atoms with E-state index in [1.807, 2.05) is 0 Å².